The molecule has 1 heterocycles. The molecule has 1 amide bonds. The largest absolute Gasteiger partial charge is 0.365 e. The van der Waals surface area contributed by atoms with Crippen LogP contribution in [0.25, 0.3) is 0 Å². The van der Waals surface area contributed by atoms with E-state index in [1.165, 1.54) is 12.4 Å². The highest BCUT2D eigenvalue weighted by Crippen LogP contribution is 2.16. The second-order valence-electron chi connectivity index (χ2n) is 5.40. The van der Waals surface area contributed by atoms with Gasteiger partial charge in [-0.1, -0.05) is 60.1 Å². The molecule has 0 spiro atoms. The zero-order valence-corrected chi connectivity index (χ0v) is 14.2. The number of carbonyl (C=O) groups excluding carboxylic acids is 1. The number of amides is 1. The van der Waals surface area contributed by atoms with Gasteiger partial charge in [0.15, 0.2) is 0 Å². The minimum atomic E-state index is -0.256. The van der Waals surface area contributed by atoms with Crippen LogP contribution in [0, 0.1) is 0 Å². The first kappa shape index (κ1) is 16.9. The third-order valence-electron chi connectivity index (χ3n) is 3.60. The molecule has 2 aromatic carbocycles. The van der Waals surface area contributed by atoms with Crippen molar-refractivity contribution in [2.24, 2.45) is 0 Å². The number of anilines is 1. The molecule has 0 saturated heterocycles. The summed E-state index contributed by atoms with van der Waals surface area (Å²) in [6, 6.07) is 17.3. The fraction of sp³-hybridized carbons (Fsp3) is 0.105. The molecule has 3 aromatic rings. The predicted molar refractivity (Wildman–Crippen MR) is 98.4 cm³/mol. The maximum absolute atomic E-state index is 12.1. The van der Waals surface area contributed by atoms with Gasteiger partial charge in [-0.15, -0.1) is 0 Å². The Balaban J connectivity index is 1.54. The van der Waals surface area contributed by atoms with Crippen LogP contribution >= 0.6 is 11.6 Å². The van der Waals surface area contributed by atoms with Crippen LogP contribution in [0.4, 0.5) is 5.82 Å². The first-order valence-corrected chi connectivity index (χ1v) is 8.21. The molecule has 0 unspecified atom stereocenters. The fourth-order valence-electron chi connectivity index (χ4n) is 2.23. The minimum absolute atomic E-state index is 0.256. The van der Waals surface area contributed by atoms with E-state index in [4.69, 9.17) is 11.6 Å². The molecule has 0 radical (unpaired) electrons. The van der Waals surface area contributed by atoms with Gasteiger partial charge >= 0.3 is 0 Å². The number of nitrogens with one attached hydrogen (secondary N) is 2. The highest BCUT2D eigenvalue weighted by atomic mass is 35.5. The van der Waals surface area contributed by atoms with E-state index in [0.717, 1.165) is 11.1 Å². The third-order valence-corrected chi connectivity index (χ3v) is 3.97. The molecule has 3 rings (SSSR count). The van der Waals surface area contributed by atoms with Crippen LogP contribution in [0.5, 0.6) is 0 Å². The van der Waals surface area contributed by atoms with Crippen molar-refractivity contribution >= 4 is 23.3 Å². The van der Waals surface area contributed by atoms with Crippen molar-refractivity contribution in [3.63, 3.8) is 0 Å². The molecule has 1 aromatic heterocycles. The predicted octanol–water partition coefficient (Wildman–Crippen LogP) is 3.67. The van der Waals surface area contributed by atoms with Crippen LogP contribution in [-0.2, 0) is 13.1 Å². The van der Waals surface area contributed by atoms with Gasteiger partial charge in [-0.25, -0.2) is 9.97 Å². The van der Waals surface area contributed by atoms with E-state index in [-0.39, 0.29) is 11.6 Å². The van der Waals surface area contributed by atoms with Gasteiger partial charge in [-0.3, -0.25) is 4.79 Å². The molecule has 126 valence electrons. The lowest BCUT2D eigenvalue weighted by Crippen LogP contribution is -2.24. The zero-order valence-electron chi connectivity index (χ0n) is 13.4. The van der Waals surface area contributed by atoms with E-state index in [0.29, 0.717) is 23.9 Å². The van der Waals surface area contributed by atoms with Gasteiger partial charge in [-0.05, 0) is 17.2 Å². The number of aromatic nitrogens is 2. The SMILES string of the molecule is O=C(NCc1ccccc1)c1cnc(NCc2ccccc2Cl)cn1. The van der Waals surface area contributed by atoms with Crippen molar-refractivity contribution in [1.82, 2.24) is 15.3 Å². The molecule has 6 heteroatoms. The van der Waals surface area contributed by atoms with Crippen LogP contribution in [0.1, 0.15) is 21.6 Å². The van der Waals surface area contributed by atoms with Gasteiger partial charge < -0.3 is 10.6 Å². The maximum Gasteiger partial charge on any atom is 0.271 e. The second-order valence-corrected chi connectivity index (χ2v) is 5.81. The molecule has 5 nitrogen and oxygen atoms in total. The Bertz CT molecular complexity index is 838. The fourth-order valence-corrected chi connectivity index (χ4v) is 2.44. The molecule has 0 bridgehead atoms. The van der Waals surface area contributed by atoms with Crippen molar-refractivity contribution in [3.8, 4) is 0 Å². The molecule has 0 atom stereocenters. The third kappa shape index (κ3) is 4.78. The number of benzene rings is 2. The average Bonchev–Trinajstić information content (AvgIpc) is 2.67. The summed E-state index contributed by atoms with van der Waals surface area (Å²) in [5, 5.41) is 6.65. The summed E-state index contributed by atoms with van der Waals surface area (Å²) < 4.78 is 0. The van der Waals surface area contributed by atoms with Gasteiger partial charge in [-0.2, -0.15) is 0 Å². The van der Waals surface area contributed by atoms with Crippen molar-refractivity contribution in [2.75, 3.05) is 5.32 Å². The van der Waals surface area contributed by atoms with Gasteiger partial charge in [0, 0.05) is 18.1 Å². The highest BCUT2D eigenvalue weighted by Gasteiger charge is 2.08. The van der Waals surface area contributed by atoms with Crippen LogP contribution in [0.2, 0.25) is 5.02 Å². The van der Waals surface area contributed by atoms with Crippen molar-refractivity contribution in [1.29, 1.82) is 0 Å². The van der Waals surface area contributed by atoms with E-state index in [1.807, 2.05) is 54.6 Å². The molecule has 0 aliphatic carbocycles. The van der Waals surface area contributed by atoms with Crippen molar-refractivity contribution in [2.45, 2.75) is 13.1 Å². The molecular weight excluding hydrogens is 336 g/mol. The highest BCUT2D eigenvalue weighted by molar-refractivity contribution is 6.31. The van der Waals surface area contributed by atoms with Crippen molar-refractivity contribution in [3.05, 3.63) is 88.8 Å². The Morgan fingerprint density at radius 1 is 0.920 bits per heavy atom. The quantitative estimate of drug-likeness (QED) is 0.710. The maximum atomic E-state index is 12.1. The lowest BCUT2D eigenvalue weighted by Gasteiger charge is -2.08. The van der Waals surface area contributed by atoms with Gasteiger partial charge in [0.05, 0.1) is 12.4 Å². The molecule has 0 saturated carbocycles. The van der Waals surface area contributed by atoms with Gasteiger partial charge in [0.1, 0.15) is 11.5 Å². The van der Waals surface area contributed by atoms with E-state index >= 15 is 0 Å². The van der Waals surface area contributed by atoms with Gasteiger partial charge in [0.25, 0.3) is 5.91 Å². The molecular formula is C19H17ClN4O. The number of carbonyl (C=O) groups is 1. The van der Waals surface area contributed by atoms with Gasteiger partial charge in [0.2, 0.25) is 0 Å². The second kappa shape index (κ2) is 8.26. The normalized spacial score (nSPS) is 10.3. The Morgan fingerprint density at radius 2 is 1.68 bits per heavy atom. The smallest absolute Gasteiger partial charge is 0.271 e. The summed E-state index contributed by atoms with van der Waals surface area (Å²) in [7, 11) is 0. The first-order chi connectivity index (χ1) is 12.2. The summed E-state index contributed by atoms with van der Waals surface area (Å²) >= 11 is 6.11. The molecule has 25 heavy (non-hydrogen) atoms. The number of hydrogen-bond donors (Lipinski definition) is 2. The standard InChI is InChI=1S/C19H17ClN4O/c20-16-9-5-4-8-15(16)11-22-18-13-21-17(12-23-18)19(25)24-10-14-6-2-1-3-7-14/h1-9,12-13H,10-11H2,(H,22,23)(H,24,25). The summed E-state index contributed by atoms with van der Waals surface area (Å²) in [6.07, 6.45) is 2.99. The summed E-state index contributed by atoms with van der Waals surface area (Å²) in [4.78, 5) is 20.5. The summed E-state index contributed by atoms with van der Waals surface area (Å²) in [5.74, 6) is 0.327. The van der Waals surface area contributed by atoms with E-state index in [1.54, 1.807) is 0 Å². The van der Waals surface area contributed by atoms with E-state index < -0.39 is 0 Å². The van der Waals surface area contributed by atoms with Crippen LogP contribution in [0.15, 0.2) is 67.0 Å². The summed E-state index contributed by atoms with van der Waals surface area (Å²) in [5.41, 5.74) is 2.27. The Morgan fingerprint density at radius 3 is 2.40 bits per heavy atom. The Kier molecular flexibility index (Phi) is 5.59. The Labute approximate surface area is 151 Å². The van der Waals surface area contributed by atoms with Crippen LogP contribution < -0.4 is 10.6 Å². The monoisotopic (exact) mass is 352 g/mol. The minimum Gasteiger partial charge on any atom is -0.365 e. The van der Waals surface area contributed by atoms with Crippen LogP contribution in [0.3, 0.4) is 0 Å². The molecule has 0 aliphatic rings. The lowest BCUT2D eigenvalue weighted by atomic mass is 10.2. The molecule has 0 aliphatic heterocycles. The topological polar surface area (TPSA) is 66.9 Å². The average molecular weight is 353 g/mol. The summed E-state index contributed by atoms with van der Waals surface area (Å²) in [6.45, 7) is 0.988. The van der Waals surface area contributed by atoms with Crippen LogP contribution in [-0.4, -0.2) is 15.9 Å². The Hall–Kier alpha value is -2.92. The number of rotatable bonds is 6. The van der Waals surface area contributed by atoms with E-state index in [2.05, 4.69) is 20.6 Å². The molecule has 2 N–H and O–H groups in total. The lowest BCUT2D eigenvalue weighted by molar-refractivity contribution is 0.0945. The zero-order chi connectivity index (χ0) is 17.5. The number of hydrogen-bond acceptors (Lipinski definition) is 4. The van der Waals surface area contributed by atoms with E-state index in [9.17, 15) is 4.79 Å². The number of nitrogens with zero attached hydrogens (tertiary/aromatic N) is 2. The number of halogens is 1. The first-order valence-electron chi connectivity index (χ1n) is 7.84. The van der Waals surface area contributed by atoms with Crippen molar-refractivity contribution < 1.29 is 4.79 Å². The molecule has 0 fully saturated rings.